The quantitative estimate of drug-likeness (QED) is 0.766. The van der Waals surface area contributed by atoms with Gasteiger partial charge in [-0.25, -0.2) is 0 Å². The van der Waals surface area contributed by atoms with Crippen LogP contribution in [0, 0.1) is 0 Å². The van der Waals surface area contributed by atoms with E-state index in [1.165, 1.54) is 0 Å². The van der Waals surface area contributed by atoms with E-state index in [0.717, 1.165) is 23.9 Å². The molecule has 0 aliphatic heterocycles. The Labute approximate surface area is 133 Å². The van der Waals surface area contributed by atoms with Gasteiger partial charge in [-0.05, 0) is 43.3 Å². The molecule has 110 valence electrons. The van der Waals surface area contributed by atoms with E-state index in [1.807, 2.05) is 19.9 Å². The predicted octanol–water partition coefficient (Wildman–Crippen LogP) is 3.25. The average Bonchev–Trinajstić information content (AvgIpc) is 2.43. The summed E-state index contributed by atoms with van der Waals surface area (Å²) in [4.78, 5) is 12.2. The Balaban J connectivity index is 2.79. The summed E-state index contributed by atoms with van der Waals surface area (Å²) in [5.41, 5.74) is 0.466. The molecular weight excluding hydrogens is 340 g/mol. The maximum absolute atomic E-state index is 12.2. The maximum atomic E-state index is 12.2. The number of nitrogens with one attached hydrogen (secondary N) is 2. The molecule has 0 bridgehead atoms. The van der Waals surface area contributed by atoms with Crippen molar-refractivity contribution in [3.63, 3.8) is 0 Å². The molecule has 0 saturated heterocycles. The molecule has 0 unspecified atom stereocenters. The third-order valence-corrected chi connectivity index (χ3v) is 3.15. The Morgan fingerprint density at radius 2 is 2.10 bits per heavy atom. The molecule has 0 saturated carbocycles. The van der Waals surface area contributed by atoms with Gasteiger partial charge in [-0.15, -0.1) is 0 Å². The van der Waals surface area contributed by atoms with Gasteiger partial charge in [-0.2, -0.15) is 0 Å². The summed E-state index contributed by atoms with van der Waals surface area (Å²) in [5.74, 6) is 0.289. The largest absolute Gasteiger partial charge is 0.493 e. The molecule has 0 fully saturated rings. The Kier molecular flexibility index (Phi) is 7.54. The third kappa shape index (κ3) is 5.46. The molecule has 0 heterocycles. The van der Waals surface area contributed by atoms with E-state index in [1.54, 1.807) is 12.1 Å². The summed E-state index contributed by atoms with van der Waals surface area (Å²) in [5, 5.41) is 5.94. The molecule has 0 atom stereocenters. The van der Waals surface area contributed by atoms with Gasteiger partial charge in [0.05, 0.1) is 12.2 Å². The topological polar surface area (TPSA) is 50.4 Å². The standard InChI is InChI=1S/C14H19BrN2O2S/c1-3-7-16-14(20)17-13(18)11-9-10(15)5-6-12(11)19-8-4-2/h5-6,9H,3-4,7-8H2,1-2H3,(H2,16,17,18,20). The van der Waals surface area contributed by atoms with Crippen molar-refractivity contribution < 1.29 is 9.53 Å². The molecule has 0 radical (unpaired) electrons. The molecule has 0 aromatic heterocycles. The first-order chi connectivity index (χ1) is 9.58. The molecular formula is C14H19BrN2O2S. The van der Waals surface area contributed by atoms with E-state index < -0.39 is 0 Å². The summed E-state index contributed by atoms with van der Waals surface area (Å²) in [6.45, 7) is 5.35. The minimum absolute atomic E-state index is 0.272. The van der Waals surface area contributed by atoms with Crippen LogP contribution in [0.4, 0.5) is 0 Å². The zero-order valence-corrected chi connectivity index (χ0v) is 14.1. The maximum Gasteiger partial charge on any atom is 0.261 e. The average molecular weight is 359 g/mol. The van der Waals surface area contributed by atoms with Gasteiger partial charge in [0.2, 0.25) is 0 Å². The second-order valence-electron chi connectivity index (χ2n) is 4.20. The fourth-order valence-electron chi connectivity index (χ4n) is 1.47. The zero-order chi connectivity index (χ0) is 15.0. The SMILES string of the molecule is CCCNC(=S)NC(=O)c1cc(Br)ccc1OCCC. The van der Waals surface area contributed by atoms with E-state index in [-0.39, 0.29) is 5.91 Å². The van der Waals surface area contributed by atoms with E-state index in [9.17, 15) is 4.79 Å². The normalized spacial score (nSPS) is 9.95. The van der Waals surface area contributed by atoms with Crippen molar-refractivity contribution in [3.8, 4) is 5.75 Å². The van der Waals surface area contributed by atoms with Crippen molar-refractivity contribution in [3.05, 3.63) is 28.2 Å². The lowest BCUT2D eigenvalue weighted by molar-refractivity contribution is 0.0972. The minimum Gasteiger partial charge on any atom is -0.493 e. The Morgan fingerprint density at radius 1 is 1.35 bits per heavy atom. The van der Waals surface area contributed by atoms with Crippen LogP contribution in [0.25, 0.3) is 0 Å². The molecule has 0 spiro atoms. The van der Waals surface area contributed by atoms with Crippen molar-refractivity contribution in [2.75, 3.05) is 13.2 Å². The molecule has 2 N–H and O–H groups in total. The first-order valence-electron chi connectivity index (χ1n) is 6.60. The van der Waals surface area contributed by atoms with E-state index in [0.29, 0.717) is 23.0 Å². The zero-order valence-electron chi connectivity index (χ0n) is 11.7. The first-order valence-corrected chi connectivity index (χ1v) is 7.80. The minimum atomic E-state index is -0.272. The van der Waals surface area contributed by atoms with Crippen LogP contribution in [0.3, 0.4) is 0 Å². The number of rotatable bonds is 6. The van der Waals surface area contributed by atoms with Crippen LogP contribution in [-0.4, -0.2) is 24.2 Å². The Morgan fingerprint density at radius 3 is 2.75 bits per heavy atom. The monoisotopic (exact) mass is 358 g/mol. The summed E-state index contributed by atoms with van der Waals surface area (Å²) < 4.78 is 6.40. The Bertz CT molecular complexity index is 480. The molecule has 1 rings (SSSR count). The lowest BCUT2D eigenvalue weighted by Crippen LogP contribution is -2.39. The number of halogens is 1. The number of amides is 1. The van der Waals surface area contributed by atoms with Gasteiger partial charge in [-0.1, -0.05) is 29.8 Å². The highest BCUT2D eigenvalue weighted by atomic mass is 79.9. The second-order valence-corrected chi connectivity index (χ2v) is 5.52. The highest BCUT2D eigenvalue weighted by molar-refractivity contribution is 9.10. The lowest BCUT2D eigenvalue weighted by Gasteiger charge is -2.13. The van der Waals surface area contributed by atoms with Crippen molar-refractivity contribution in [2.24, 2.45) is 0 Å². The van der Waals surface area contributed by atoms with Gasteiger partial charge >= 0.3 is 0 Å². The van der Waals surface area contributed by atoms with E-state index in [4.69, 9.17) is 17.0 Å². The number of hydrogen-bond donors (Lipinski definition) is 2. The summed E-state index contributed by atoms with van der Waals surface area (Å²) in [7, 11) is 0. The fourth-order valence-corrected chi connectivity index (χ4v) is 2.03. The van der Waals surface area contributed by atoms with Crippen LogP contribution in [0.1, 0.15) is 37.0 Å². The molecule has 20 heavy (non-hydrogen) atoms. The van der Waals surface area contributed by atoms with Gasteiger partial charge < -0.3 is 10.1 Å². The van der Waals surface area contributed by atoms with Crippen LogP contribution >= 0.6 is 28.1 Å². The molecule has 4 nitrogen and oxygen atoms in total. The number of hydrogen-bond acceptors (Lipinski definition) is 3. The van der Waals surface area contributed by atoms with Gasteiger partial charge in [0.25, 0.3) is 5.91 Å². The number of thiocarbonyl (C=S) groups is 1. The van der Waals surface area contributed by atoms with Crippen LogP contribution in [0.2, 0.25) is 0 Å². The van der Waals surface area contributed by atoms with Crippen LogP contribution in [0.15, 0.2) is 22.7 Å². The third-order valence-electron chi connectivity index (χ3n) is 2.41. The summed E-state index contributed by atoms with van der Waals surface area (Å²) >= 11 is 8.42. The van der Waals surface area contributed by atoms with E-state index in [2.05, 4.69) is 26.6 Å². The van der Waals surface area contributed by atoms with Gasteiger partial charge in [0.15, 0.2) is 5.11 Å². The number of benzene rings is 1. The predicted molar refractivity (Wildman–Crippen MR) is 88.3 cm³/mol. The smallest absolute Gasteiger partial charge is 0.261 e. The van der Waals surface area contributed by atoms with Crippen LogP contribution < -0.4 is 15.4 Å². The van der Waals surface area contributed by atoms with Gasteiger partial charge in [-0.3, -0.25) is 10.1 Å². The van der Waals surface area contributed by atoms with Gasteiger partial charge in [0.1, 0.15) is 5.75 Å². The number of carbonyl (C=O) groups excluding carboxylic acids is 1. The molecule has 0 aliphatic carbocycles. The molecule has 0 aliphatic rings. The van der Waals surface area contributed by atoms with Crippen molar-refractivity contribution in [2.45, 2.75) is 26.7 Å². The van der Waals surface area contributed by atoms with E-state index >= 15 is 0 Å². The van der Waals surface area contributed by atoms with Crippen molar-refractivity contribution in [1.82, 2.24) is 10.6 Å². The van der Waals surface area contributed by atoms with Gasteiger partial charge in [0, 0.05) is 11.0 Å². The first kappa shape index (κ1) is 16.9. The van der Waals surface area contributed by atoms with Crippen molar-refractivity contribution >= 4 is 39.2 Å². The number of carbonyl (C=O) groups is 1. The highest BCUT2D eigenvalue weighted by Crippen LogP contribution is 2.23. The summed E-state index contributed by atoms with van der Waals surface area (Å²) in [6, 6.07) is 5.34. The summed E-state index contributed by atoms with van der Waals surface area (Å²) in [6.07, 6.45) is 1.82. The van der Waals surface area contributed by atoms with Crippen molar-refractivity contribution in [1.29, 1.82) is 0 Å². The molecule has 6 heteroatoms. The highest BCUT2D eigenvalue weighted by Gasteiger charge is 2.14. The molecule has 1 aromatic carbocycles. The molecule has 1 amide bonds. The number of ether oxygens (including phenoxy) is 1. The molecule has 1 aromatic rings. The fraction of sp³-hybridized carbons (Fsp3) is 0.429. The Hall–Kier alpha value is -1.14. The van der Waals surface area contributed by atoms with Crippen LogP contribution in [-0.2, 0) is 0 Å². The van der Waals surface area contributed by atoms with Crippen LogP contribution in [0.5, 0.6) is 5.75 Å². The lowest BCUT2D eigenvalue weighted by atomic mass is 10.2. The second kappa shape index (κ2) is 8.92.